The number of aromatic nitrogens is 1. The van der Waals surface area contributed by atoms with Crippen LogP contribution in [0.25, 0.3) is 17.0 Å². The molecule has 1 saturated heterocycles. The molecule has 11 heteroatoms. The average Bonchev–Trinajstić information content (AvgIpc) is 2.98. The van der Waals surface area contributed by atoms with E-state index in [0.29, 0.717) is 19.4 Å². The summed E-state index contributed by atoms with van der Waals surface area (Å²) < 4.78 is 4.80. The molecule has 2 aromatic rings. The number of hydrogen-bond donors (Lipinski definition) is 4. The number of fused-ring (bicyclic) bond motifs is 1. The van der Waals surface area contributed by atoms with Crippen LogP contribution in [0.5, 0.6) is 0 Å². The lowest BCUT2D eigenvalue weighted by molar-refractivity contribution is -0.148. The molecule has 1 fully saturated rings. The first-order chi connectivity index (χ1) is 19.7. The molecule has 1 aromatic heterocycles. The van der Waals surface area contributed by atoms with Crippen molar-refractivity contribution in [3.63, 3.8) is 0 Å². The topological polar surface area (TPSA) is 164 Å². The van der Waals surface area contributed by atoms with Gasteiger partial charge in [-0.1, -0.05) is 51.1 Å². The van der Waals surface area contributed by atoms with Gasteiger partial charge in [-0.15, -0.1) is 0 Å². The molecule has 3 unspecified atom stereocenters. The summed E-state index contributed by atoms with van der Waals surface area (Å²) in [6, 6.07) is 8.88. The van der Waals surface area contributed by atoms with Crippen molar-refractivity contribution >= 4 is 40.7 Å². The van der Waals surface area contributed by atoms with Crippen LogP contribution in [0.15, 0.2) is 36.4 Å². The number of carbonyl (C=O) groups excluding carboxylic acids is 4. The Morgan fingerprint density at radius 3 is 2.48 bits per heavy atom. The molecule has 3 rings (SSSR count). The van der Waals surface area contributed by atoms with Crippen molar-refractivity contribution in [2.45, 2.75) is 79.0 Å². The number of nitrogens with zero attached hydrogens (tertiary/aromatic N) is 2. The summed E-state index contributed by atoms with van der Waals surface area (Å²) in [5.41, 5.74) is 10.4. The molecule has 0 aliphatic carbocycles. The maximum absolute atomic E-state index is 12.2. The Hall–Kier alpha value is -3.83. The highest BCUT2D eigenvalue weighted by Gasteiger charge is 2.31. The van der Waals surface area contributed by atoms with Gasteiger partial charge in [0.05, 0.1) is 18.0 Å². The molecular weight excluding hydrogens is 538 g/mol. The number of aliphatic hydroxyl groups excluding tert-OH is 1. The maximum Gasteiger partial charge on any atom is 0.315 e. The van der Waals surface area contributed by atoms with E-state index in [1.165, 1.54) is 19.0 Å². The SMILES string of the molecule is CC(NC(=O)C(O)C(C)C)C(=O)N1CCCC(C(N)=O)N1.CCc1ccc2ccc(/C=C/C(C)(C)C(=O)OC)cc2n1. The molecule has 0 spiro atoms. The number of primary amides is 1. The van der Waals surface area contributed by atoms with Crippen LogP contribution in [0, 0.1) is 11.3 Å². The molecule has 42 heavy (non-hydrogen) atoms. The molecule has 5 N–H and O–H groups in total. The highest BCUT2D eigenvalue weighted by molar-refractivity contribution is 5.89. The van der Waals surface area contributed by atoms with E-state index in [-0.39, 0.29) is 17.8 Å². The Kier molecular flexibility index (Phi) is 12.6. The van der Waals surface area contributed by atoms with Crippen LogP contribution >= 0.6 is 0 Å². The molecule has 230 valence electrons. The zero-order chi connectivity index (χ0) is 31.6. The zero-order valence-corrected chi connectivity index (χ0v) is 25.6. The van der Waals surface area contributed by atoms with Gasteiger partial charge in [0.15, 0.2) is 0 Å². The lowest BCUT2D eigenvalue weighted by atomic mass is 9.92. The number of methoxy groups -OCH3 is 1. The van der Waals surface area contributed by atoms with Crippen molar-refractivity contribution in [3.05, 3.63) is 47.7 Å². The predicted octanol–water partition coefficient (Wildman–Crippen LogP) is 2.50. The fourth-order valence-corrected chi connectivity index (χ4v) is 4.16. The van der Waals surface area contributed by atoms with E-state index >= 15 is 0 Å². The van der Waals surface area contributed by atoms with Crippen molar-refractivity contribution in [1.29, 1.82) is 0 Å². The molecule has 3 atom stereocenters. The number of nitrogens with two attached hydrogens (primary N) is 1. The number of carbonyl (C=O) groups is 4. The van der Waals surface area contributed by atoms with Gasteiger partial charge in [-0.3, -0.25) is 29.2 Å². The quantitative estimate of drug-likeness (QED) is 0.327. The molecule has 1 aliphatic rings. The number of amides is 3. The van der Waals surface area contributed by atoms with Gasteiger partial charge in [0, 0.05) is 17.6 Å². The number of rotatable bonds is 9. The molecule has 2 heterocycles. The number of hydrazine groups is 1. The molecule has 3 amide bonds. The van der Waals surface area contributed by atoms with Crippen LogP contribution in [-0.4, -0.2) is 70.6 Å². The third kappa shape index (κ3) is 9.63. The molecule has 0 radical (unpaired) electrons. The Morgan fingerprint density at radius 1 is 1.21 bits per heavy atom. The largest absolute Gasteiger partial charge is 0.468 e. The number of hydrogen-bond acceptors (Lipinski definition) is 8. The van der Waals surface area contributed by atoms with Gasteiger partial charge >= 0.3 is 5.97 Å². The van der Waals surface area contributed by atoms with Crippen molar-refractivity contribution < 1.29 is 29.0 Å². The smallest absolute Gasteiger partial charge is 0.315 e. The minimum Gasteiger partial charge on any atom is -0.468 e. The summed E-state index contributed by atoms with van der Waals surface area (Å²) in [4.78, 5) is 51.4. The van der Waals surface area contributed by atoms with Gasteiger partial charge in [0.1, 0.15) is 18.2 Å². The van der Waals surface area contributed by atoms with Gasteiger partial charge in [-0.2, -0.15) is 0 Å². The third-order valence-electron chi connectivity index (χ3n) is 6.96. The number of aliphatic hydroxyl groups is 1. The van der Waals surface area contributed by atoms with Gasteiger partial charge in [-0.05, 0) is 63.6 Å². The van der Waals surface area contributed by atoms with Crippen LogP contribution in [0.3, 0.4) is 0 Å². The maximum atomic E-state index is 12.2. The fourth-order valence-electron chi connectivity index (χ4n) is 4.16. The zero-order valence-electron chi connectivity index (χ0n) is 25.6. The monoisotopic (exact) mass is 583 g/mol. The molecule has 11 nitrogen and oxygen atoms in total. The van der Waals surface area contributed by atoms with E-state index < -0.39 is 35.4 Å². The summed E-state index contributed by atoms with van der Waals surface area (Å²) in [7, 11) is 1.41. The minimum atomic E-state index is -1.16. The second-order valence-corrected chi connectivity index (χ2v) is 11.3. The second-order valence-electron chi connectivity index (χ2n) is 11.3. The predicted molar refractivity (Wildman–Crippen MR) is 161 cm³/mol. The van der Waals surface area contributed by atoms with E-state index in [9.17, 15) is 24.3 Å². The molecule has 0 saturated carbocycles. The van der Waals surface area contributed by atoms with Gasteiger partial charge in [-0.25, -0.2) is 5.43 Å². The normalized spacial score (nSPS) is 16.9. The minimum absolute atomic E-state index is 0.236. The van der Waals surface area contributed by atoms with E-state index in [4.69, 9.17) is 10.5 Å². The lowest BCUT2D eigenvalue weighted by Crippen LogP contribution is -2.60. The molecular formula is C31H45N5O6. The summed E-state index contributed by atoms with van der Waals surface area (Å²) in [5, 5.41) is 14.5. The number of benzene rings is 1. The number of nitrogens with one attached hydrogen (secondary N) is 2. The first kappa shape index (κ1) is 34.4. The number of esters is 1. The van der Waals surface area contributed by atoms with E-state index in [1.807, 2.05) is 44.2 Å². The van der Waals surface area contributed by atoms with Crippen LogP contribution in [0.4, 0.5) is 0 Å². The Morgan fingerprint density at radius 2 is 1.88 bits per heavy atom. The number of aryl methyl sites for hydroxylation is 1. The van der Waals surface area contributed by atoms with Crippen LogP contribution in [-0.2, 0) is 30.3 Å². The van der Waals surface area contributed by atoms with Crippen molar-refractivity contribution in [2.75, 3.05) is 13.7 Å². The Labute approximate surface area is 247 Å². The molecule has 1 aliphatic heterocycles. The summed E-state index contributed by atoms with van der Waals surface area (Å²) >= 11 is 0. The van der Waals surface area contributed by atoms with Crippen molar-refractivity contribution in [3.8, 4) is 0 Å². The second kappa shape index (κ2) is 15.4. The third-order valence-corrected chi connectivity index (χ3v) is 6.96. The highest BCUT2D eigenvalue weighted by Crippen LogP contribution is 2.22. The fraction of sp³-hybridized carbons (Fsp3) is 0.516. The summed E-state index contributed by atoms with van der Waals surface area (Å²) in [6.07, 6.45) is 4.80. The molecule has 1 aromatic carbocycles. The highest BCUT2D eigenvalue weighted by atomic mass is 16.5. The lowest BCUT2D eigenvalue weighted by Gasteiger charge is -2.34. The number of pyridine rings is 1. The van der Waals surface area contributed by atoms with E-state index in [1.54, 1.807) is 13.8 Å². The van der Waals surface area contributed by atoms with Gasteiger partial charge in [0.25, 0.3) is 5.91 Å². The van der Waals surface area contributed by atoms with Crippen LogP contribution < -0.4 is 16.5 Å². The van der Waals surface area contributed by atoms with Crippen LogP contribution in [0.2, 0.25) is 0 Å². The van der Waals surface area contributed by atoms with Crippen LogP contribution in [0.1, 0.15) is 65.6 Å². The first-order valence-electron chi connectivity index (χ1n) is 14.2. The van der Waals surface area contributed by atoms with Crippen molar-refractivity contribution in [2.24, 2.45) is 17.1 Å². The van der Waals surface area contributed by atoms with Gasteiger partial charge in [0.2, 0.25) is 11.8 Å². The van der Waals surface area contributed by atoms with E-state index in [0.717, 1.165) is 28.6 Å². The Bertz CT molecular complexity index is 1290. The first-order valence-corrected chi connectivity index (χ1v) is 14.2. The average molecular weight is 584 g/mol. The Balaban J connectivity index is 0.000000293. The van der Waals surface area contributed by atoms with E-state index in [2.05, 4.69) is 34.8 Å². The van der Waals surface area contributed by atoms with Crippen molar-refractivity contribution in [1.82, 2.24) is 20.7 Å². The standard InChI is InChI=1S/C18H21NO2.C13H24N4O4/c1-5-15-9-8-14-7-6-13(12-16(14)19-15)10-11-18(2,3)17(20)21-4;1-7(2)10(18)12(20)15-8(3)13(21)17-6-4-5-9(16-17)11(14)19/h6-12H,5H2,1-4H3;7-10,16,18H,4-6H2,1-3H3,(H2,14,19)(H,15,20)/b11-10+;. The summed E-state index contributed by atoms with van der Waals surface area (Å²) in [6.45, 7) is 11.2. The molecule has 0 bridgehead atoms. The van der Waals surface area contributed by atoms with Gasteiger partial charge < -0.3 is 20.9 Å². The summed E-state index contributed by atoms with van der Waals surface area (Å²) in [5.74, 6) is -1.95. The number of ether oxygens (including phenoxy) is 1.